The fourth-order valence-corrected chi connectivity index (χ4v) is 2.48. The number of carbonyl (C=O) groups is 1. The van der Waals surface area contributed by atoms with Gasteiger partial charge in [-0.25, -0.2) is 0 Å². The largest absolute Gasteiger partial charge is 0.435 e. The van der Waals surface area contributed by atoms with E-state index in [-0.39, 0.29) is 0 Å². The molecule has 0 radical (unpaired) electrons. The van der Waals surface area contributed by atoms with Crippen molar-refractivity contribution in [3.05, 3.63) is 53.3 Å². The number of amides is 1. The monoisotopic (exact) mass is 354 g/mol. The van der Waals surface area contributed by atoms with Gasteiger partial charge in [0, 0.05) is 26.3 Å². The minimum atomic E-state index is -4.65. The average molecular weight is 354 g/mol. The predicted octanol–water partition coefficient (Wildman–Crippen LogP) is 2.69. The van der Waals surface area contributed by atoms with Crippen molar-refractivity contribution in [2.75, 3.05) is 20.1 Å². The number of benzene rings is 1. The van der Waals surface area contributed by atoms with Crippen LogP contribution in [0.3, 0.4) is 0 Å². The molecule has 0 atom stereocenters. The van der Waals surface area contributed by atoms with Gasteiger partial charge in [-0.05, 0) is 25.6 Å². The Balaban J connectivity index is 1.79. The second-order valence-electron chi connectivity index (χ2n) is 5.90. The highest BCUT2D eigenvalue weighted by Gasteiger charge is 2.38. The highest BCUT2D eigenvalue weighted by Crippen LogP contribution is 2.30. The van der Waals surface area contributed by atoms with Crippen LogP contribution >= 0.6 is 0 Å². The van der Waals surface area contributed by atoms with E-state index in [4.69, 9.17) is 0 Å². The van der Waals surface area contributed by atoms with E-state index >= 15 is 0 Å². The molecule has 0 saturated heterocycles. The molecule has 8 heteroatoms. The van der Waals surface area contributed by atoms with Gasteiger partial charge in [0.05, 0.1) is 5.56 Å². The van der Waals surface area contributed by atoms with E-state index in [1.54, 1.807) is 0 Å². The predicted molar refractivity (Wildman–Crippen MR) is 87.9 cm³/mol. The van der Waals surface area contributed by atoms with Gasteiger partial charge < -0.3 is 10.2 Å². The van der Waals surface area contributed by atoms with Crippen molar-refractivity contribution >= 4 is 5.91 Å². The van der Waals surface area contributed by atoms with Crippen molar-refractivity contribution in [2.24, 2.45) is 7.05 Å². The summed E-state index contributed by atoms with van der Waals surface area (Å²) in [5.74, 6) is -0.758. The molecule has 0 aliphatic rings. The zero-order valence-electron chi connectivity index (χ0n) is 14.2. The van der Waals surface area contributed by atoms with E-state index in [1.807, 2.05) is 37.4 Å². The lowest BCUT2D eigenvalue weighted by atomic mass is 10.2. The maximum atomic E-state index is 12.9. The van der Waals surface area contributed by atoms with Gasteiger partial charge in [-0.15, -0.1) is 0 Å². The first kappa shape index (κ1) is 19.0. The zero-order chi connectivity index (χ0) is 18.4. The molecule has 5 nitrogen and oxygen atoms in total. The highest BCUT2D eigenvalue weighted by atomic mass is 19.4. The molecule has 0 aliphatic carbocycles. The Morgan fingerprint density at radius 2 is 1.96 bits per heavy atom. The Labute approximate surface area is 144 Å². The summed E-state index contributed by atoms with van der Waals surface area (Å²) in [4.78, 5) is 14.1. The maximum absolute atomic E-state index is 12.9. The first-order valence-electron chi connectivity index (χ1n) is 7.89. The van der Waals surface area contributed by atoms with Gasteiger partial charge in [0.1, 0.15) is 0 Å². The number of alkyl halides is 3. The second kappa shape index (κ2) is 8.15. The van der Waals surface area contributed by atoms with Crippen LogP contribution in [0.15, 0.2) is 36.5 Å². The number of aromatic nitrogens is 2. The summed E-state index contributed by atoms with van der Waals surface area (Å²) in [7, 11) is 3.31. The summed E-state index contributed by atoms with van der Waals surface area (Å²) in [5.41, 5.74) is -0.430. The summed E-state index contributed by atoms with van der Waals surface area (Å²) in [5, 5.41) is 5.85. The third-order valence-corrected chi connectivity index (χ3v) is 3.64. The molecule has 1 aromatic carbocycles. The molecular weight excluding hydrogens is 333 g/mol. The number of aryl methyl sites for hydroxylation is 1. The SMILES string of the molecule is CN(CCCNC(=O)c1cn(C)nc1C(F)(F)F)Cc1ccccc1. The van der Waals surface area contributed by atoms with Crippen LogP contribution in [0.4, 0.5) is 13.2 Å². The number of rotatable bonds is 7. The van der Waals surface area contributed by atoms with Crippen molar-refractivity contribution < 1.29 is 18.0 Å². The summed E-state index contributed by atoms with van der Waals surface area (Å²) < 4.78 is 39.6. The van der Waals surface area contributed by atoms with Crippen molar-refractivity contribution in [2.45, 2.75) is 19.1 Å². The quantitative estimate of drug-likeness (QED) is 0.778. The molecule has 0 saturated carbocycles. The topological polar surface area (TPSA) is 50.2 Å². The van der Waals surface area contributed by atoms with E-state index in [0.29, 0.717) is 19.5 Å². The molecule has 1 aromatic heterocycles. The minimum absolute atomic E-state index is 0.296. The van der Waals surface area contributed by atoms with Crippen LogP contribution in [-0.2, 0) is 19.8 Å². The molecule has 0 bridgehead atoms. The lowest BCUT2D eigenvalue weighted by Gasteiger charge is -2.16. The summed E-state index contributed by atoms with van der Waals surface area (Å²) in [6.07, 6.45) is -2.93. The van der Waals surface area contributed by atoms with Crippen LogP contribution in [0.25, 0.3) is 0 Å². The number of hydrogen-bond acceptors (Lipinski definition) is 3. The van der Waals surface area contributed by atoms with Gasteiger partial charge in [-0.2, -0.15) is 18.3 Å². The number of hydrogen-bond donors (Lipinski definition) is 1. The lowest BCUT2D eigenvalue weighted by Crippen LogP contribution is -2.29. The van der Waals surface area contributed by atoms with Gasteiger partial charge in [-0.3, -0.25) is 9.48 Å². The molecule has 136 valence electrons. The Bertz CT molecular complexity index is 698. The number of nitrogens with one attached hydrogen (secondary N) is 1. The zero-order valence-corrected chi connectivity index (χ0v) is 14.2. The van der Waals surface area contributed by atoms with E-state index < -0.39 is 23.3 Å². The van der Waals surface area contributed by atoms with Crippen LogP contribution in [0, 0.1) is 0 Å². The Kier molecular flexibility index (Phi) is 6.19. The highest BCUT2D eigenvalue weighted by molar-refractivity contribution is 5.95. The Morgan fingerprint density at radius 1 is 1.28 bits per heavy atom. The summed E-state index contributed by atoms with van der Waals surface area (Å²) in [6.45, 7) is 1.79. The van der Waals surface area contributed by atoms with Gasteiger partial charge in [0.2, 0.25) is 0 Å². The number of nitrogens with zero attached hydrogens (tertiary/aromatic N) is 3. The molecule has 0 unspecified atom stereocenters. The molecular formula is C17H21F3N4O. The lowest BCUT2D eigenvalue weighted by molar-refractivity contribution is -0.141. The number of carbonyl (C=O) groups excluding carboxylic acids is 1. The fraction of sp³-hybridized carbons (Fsp3) is 0.412. The third kappa shape index (κ3) is 5.60. The van der Waals surface area contributed by atoms with Gasteiger partial charge in [-0.1, -0.05) is 30.3 Å². The molecule has 1 N–H and O–H groups in total. The van der Waals surface area contributed by atoms with Crippen LogP contribution < -0.4 is 5.32 Å². The van der Waals surface area contributed by atoms with Crippen molar-refractivity contribution in [3.8, 4) is 0 Å². The van der Waals surface area contributed by atoms with Gasteiger partial charge in [0.25, 0.3) is 5.91 Å². The molecule has 0 aliphatic heterocycles. The van der Waals surface area contributed by atoms with Crippen molar-refractivity contribution in [3.63, 3.8) is 0 Å². The number of halogens is 3. The summed E-state index contributed by atoms with van der Waals surface area (Å²) in [6, 6.07) is 9.94. The molecule has 0 fully saturated rings. The van der Waals surface area contributed by atoms with E-state index in [9.17, 15) is 18.0 Å². The van der Waals surface area contributed by atoms with E-state index in [1.165, 1.54) is 12.6 Å². The molecule has 1 amide bonds. The molecule has 2 rings (SSSR count). The van der Waals surface area contributed by atoms with Crippen LogP contribution in [0.2, 0.25) is 0 Å². The molecule has 1 heterocycles. The smallest absolute Gasteiger partial charge is 0.352 e. The Morgan fingerprint density at radius 3 is 2.60 bits per heavy atom. The van der Waals surface area contributed by atoms with Gasteiger partial charge >= 0.3 is 6.18 Å². The average Bonchev–Trinajstić information content (AvgIpc) is 2.95. The minimum Gasteiger partial charge on any atom is -0.352 e. The molecule has 2 aromatic rings. The van der Waals surface area contributed by atoms with Crippen LogP contribution in [0.5, 0.6) is 0 Å². The van der Waals surface area contributed by atoms with Gasteiger partial charge in [0.15, 0.2) is 5.69 Å². The Hall–Kier alpha value is -2.35. The third-order valence-electron chi connectivity index (χ3n) is 3.64. The standard InChI is InChI=1S/C17H21F3N4O/c1-23(11-13-7-4-3-5-8-13)10-6-9-21-16(25)14-12-24(2)22-15(14)17(18,19)20/h3-5,7-8,12H,6,9-11H2,1-2H3,(H,21,25). The maximum Gasteiger partial charge on any atom is 0.435 e. The second-order valence-corrected chi connectivity index (χ2v) is 5.90. The summed E-state index contributed by atoms with van der Waals surface area (Å²) >= 11 is 0. The molecule has 25 heavy (non-hydrogen) atoms. The molecule has 0 spiro atoms. The van der Waals surface area contributed by atoms with Crippen LogP contribution in [-0.4, -0.2) is 40.7 Å². The first-order chi connectivity index (χ1) is 11.8. The van der Waals surface area contributed by atoms with Crippen molar-refractivity contribution in [1.29, 1.82) is 0 Å². The van der Waals surface area contributed by atoms with E-state index in [2.05, 4.69) is 15.3 Å². The van der Waals surface area contributed by atoms with E-state index in [0.717, 1.165) is 17.4 Å². The van der Waals surface area contributed by atoms with Crippen molar-refractivity contribution in [1.82, 2.24) is 20.0 Å². The fourth-order valence-electron chi connectivity index (χ4n) is 2.48. The normalized spacial score (nSPS) is 11.8. The first-order valence-corrected chi connectivity index (χ1v) is 7.89. The van der Waals surface area contributed by atoms with Crippen LogP contribution in [0.1, 0.15) is 28.0 Å².